The van der Waals surface area contributed by atoms with Gasteiger partial charge >= 0.3 is 6.18 Å². The molecule has 6 nitrogen and oxygen atoms in total. The normalized spacial score (nSPS) is 18.7. The van der Waals surface area contributed by atoms with Gasteiger partial charge in [-0.25, -0.2) is 9.97 Å². The third-order valence-corrected chi connectivity index (χ3v) is 3.54. The molecule has 2 N–H and O–H groups in total. The van der Waals surface area contributed by atoms with Crippen molar-refractivity contribution in [3.63, 3.8) is 0 Å². The number of piperidine rings is 1. The van der Waals surface area contributed by atoms with Crippen LogP contribution in [0.25, 0.3) is 11.4 Å². The van der Waals surface area contributed by atoms with Gasteiger partial charge in [0.15, 0.2) is 0 Å². The van der Waals surface area contributed by atoms with Gasteiger partial charge < -0.3 is 10.6 Å². The lowest BCUT2D eigenvalue weighted by Crippen LogP contribution is -2.38. The molecule has 0 unspecified atom stereocenters. The Labute approximate surface area is 130 Å². The van der Waals surface area contributed by atoms with Gasteiger partial charge in [0.2, 0.25) is 5.95 Å². The van der Waals surface area contributed by atoms with E-state index < -0.39 is 11.7 Å². The Morgan fingerprint density at radius 2 is 2.17 bits per heavy atom. The van der Waals surface area contributed by atoms with Crippen molar-refractivity contribution in [2.45, 2.75) is 25.1 Å². The molecule has 1 aliphatic heterocycles. The summed E-state index contributed by atoms with van der Waals surface area (Å²) < 4.78 is 39.5. The van der Waals surface area contributed by atoms with E-state index in [1.54, 1.807) is 0 Å². The molecule has 0 bridgehead atoms. The molecular formula is C14H15F3N6. The summed E-state index contributed by atoms with van der Waals surface area (Å²) in [6.07, 6.45) is -0.467. The molecule has 3 heterocycles. The molecule has 2 aromatic heterocycles. The molecule has 1 atom stereocenters. The van der Waals surface area contributed by atoms with Gasteiger partial charge in [-0.2, -0.15) is 18.3 Å². The van der Waals surface area contributed by atoms with E-state index >= 15 is 0 Å². The van der Waals surface area contributed by atoms with Gasteiger partial charge in [-0.05, 0) is 31.5 Å². The number of anilines is 1. The van der Waals surface area contributed by atoms with Gasteiger partial charge in [0.05, 0.1) is 0 Å². The van der Waals surface area contributed by atoms with E-state index in [-0.39, 0.29) is 23.4 Å². The summed E-state index contributed by atoms with van der Waals surface area (Å²) in [6, 6.07) is 3.05. The Morgan fingerprint density at radius 1 is 1.30 bits per heavy atom. The van der Waals surface area contributed by atoms with Gasteiger partial charge in [0, 0.05) is 25.0 Å². The zero-order valence-corrected chi connectivity index (χ0v) is 12.1. The van der Waals surface area contributed by atoms with Crippen molar-refractivity contribution >= 4 is 5.95 Å². The minimum Gasteiger partial charge on any atom is -0.350 e. The Kier molecular flexibility index (Phi) is 4.37. The SMILES string of the molecule is FC(F)(F)c1cnc(N[C@H]2CCCNC2)nc1-c1cccnn1. The lowest BCUT2D eigenvalue weighted by atomic mass is 10.1. The Bertz CT molecular complexity index is 655. The van der Waals surface area contributed by atoms with E-state index in [1.165, 1.54) is 18.3 Å². The summed E-state index contributed by atoms with van der Waals surface area (Å²) in [6.45, 7) is 1.67. The molecule has 1 aliphatic rings. The zero-order chi connectivity index (χ0) is 16.3. The third-order valence-electron chi connectivity index (χ3n) is 3.54. The van der Waals surface area contributed by atoms with Crippen LogP contribution in [-0.4, -0.2) is 39.3 Å². The molecule has 1 saturated heterocycles. The Hall–Kier alpha value is -2.29. The van der Waals surface area contributed by atoms with E-state index in [0.29, 0.717) is 0 Å². The summed E-state index contributed by atoms with van der Waals surface area (Å²) in [4.78, 5) is 7.84. The van der Waals surface area contributed by atoms with Crippen LogP contribution in [0.2, 0.25) is 0 Å². The van der Waals surface area contributed by atoms with Crippen LogP contribution in [0.1, 0.15) is 18.4 Å². The molecule has 0 aliphatic carbocycles. The van der Waals surface area contributed by atoms with Crippen LogP contribution in [0.15, 0.2) is 24.5 Å². The van der Waals surface area contributed by atoms with E-state index in [4.69, 9.17) is 0 Å². The molecule has 23 heavy (non-hydrogen) atoms. The number of rotatable bonds is 3. The van der Waals surface area contributed by atoms with E-state index in [1.807, 2.05) is 0 Å². The first kappa shape index (κ1) is 15.6. The monoisotopic (exact) mass is 324 g/mol. The molecule has 3 rings (SSSR count). The number of alkyl halides is 3. The number of hydrogen-bond acceptors (Lipinski definition) is 6. The fourth-order valence-corrected chi connectivity index (χ4v) is 2.44. The molecule has 122 valence electrons. The average Bonchev–Trinajstić information content (AvgIpc) is 2.55. The quantitative estimate of drug-likeness (QED) is 0.901. The van der Waals surface area contributed by atoms with Crippen LogP contribution in [0.5, 0.6) is 0 Å². The van der Waals surface area contributed by atoms with Crippen molar-refractivity contribution < 1.29 is 13.2 Å². The van der Waals surface area contributed by atoms with Gasteiger partial charge in [0.25, 0.3) is 0 Å². The second-order valence-electron chi connectivity index (χ2n) is 5.25. The van der Waals surface area contributed by atoms with Gasteiger partial charge in [0.1, 0.15) is 17.0 Å². The standard InChI is InChI=1S/C14H15F3N6/c15-14(16,17)10-8-19-13(21-9-3-1-5-18-7-9)22-12(10)11-4-2-6-20-23-11/h2,4,6,8-9,18H,1,3,5,7H2,(H,19,21,22)/t9-/m0/s1. The number of nitrogens with zero attached hydrogens (tertiary/aromatic N) is 4. The van der Waals surface area contributed by atoms with Crippen molar-refractivity contribution in [3.8, 4) is 11.4 Å². The largest absolute Gasteiger partial charge is 0.420 e. The first-order valence-corrected chi connectivity index (χ1v) is 7.23. The van der Waals surface area contributed by atoms with Crippen LogP contribution < -0.4 is 10.6 Å². The summed E-state index contributed by atoms with van der Waals surface area (Å²) in [5, 5.41) is 13.6. The first-order chi connectivity index (χ1) is 11.0. The van der Waals surface area contributed by atoms with Crippen molar-refractivity contribution in [2.75, 3.05) is 18.4 Å². The minimum absolute atomic E-state index is 0.0621. The number of aromatic nitrogens is 4. The van der Waals surface area contributed by atoms with Crippen molar-refractivity contribution in [1.82, 2.24) is 25.5 Å². The Morgan fingerprint density at radius 3 is 2.83 bits per heavy atom. The van der Waals surface area contributed by atoms with Crippen LogP contribution in [-0.2, 0) is 6.18 Å². The second-order valence-corrected chi connectivity index (χ2v) is 5.25. The maximum atomic E-state index is 13.2. The lowest BCUT2D eigenvalue weighted by molar-refractivity contribution is -0.137. The average molecular weight is 324 g/mol. The highest BCUT2D eigenvalue weighted by molar-refractivity contribution is 5.60. The van der Waals surface area contributed by atoms with E-state index in [9.17, 15) is 13.2 Å². The van der Waals surface area contributed by atoms with Crippen molar-refractivity contribution in [2.24, 2.45) is 0 Å². The van der Waals surface area contributed by atoms with E-state index in [0.717, 1.165) is 32.1 Å². The molecule has 0 spiro atoms. The number of nitrogens with one attached hydrogen (secondary N) is 2. The van der Waals surface area contributed by atoms with Crippen LogP contribution in [0, 0.1) is 0 Å². The highest BCUT2D eigenvalue weighted by Gasteiger charge is 2.36. The minimum atomic E-state index is -4.56. The van der Waals surface area contributed by atoms with E-state index in [2.05, 4.69) is 30.8 Å². The maximum absolute atomic E-state index is 13.2. The zero-order valence-electron chi connectivity index (χ0n) is 12.1. The molecule has 1 fully saturated rings. The van der Waals surface area contributed by atoms with Crippen molar-refractivity contribution in [1.29, 1.82) is 0 Å². The summed E-state index contributed by atoms with van der Waals surface area (Å²) in [5.74, 6) is 0.160. The summed E-state index contributed by atoms with van der Waals surface area (Å²) in [7, 11) is 0. The predicted molar refractivity (Wildman–Crippen MR) is 77.6 cm³/mol. The van der Waals surface area contributed by atoms with Gasteiger partial charge in [-0.1, -0.05) is 0 Å². The molecule has 0 saturated carbocycles. The maximum Gasteiger partial charge on any atom is 0.420 e. The van der Waals surface area contributed by atoms with Crippen molar-refractivity contribution in [3.05, 3.63) is 30.1 Å². The molecule has 9 heteroatoms. The number of hydrogen-bond donors (Lipinski definition) is 2. The smallest absolute Gasteiger partial charge is 0.350 e. The van der Waals surface area contributed by atoms with Gasteiger partial charge in [-0.3, -0.25) is 0 Å². The summed E-state index contributed by atoms with van der Waals surface area (Å²) in [5.41, 5.74) is -1.13. The van der Waals surface area contributed by atoms with Crippen LogP contribution >= 0.6 is 0 Å². The lowest BCUT2D eigenvalue weighted by Gasteiger charge is -2.24. The fraction of sp³-hybridized carbons (Fsp3) is 0.429. The Balaban J connectivity index is 1.94. The molecule has 0 amide bonds. The highest BCUT2D eigenvalue weighted by Crippen LogP contribution is 2.35. The topological polar surface area (TPSA) is 75.6 Å². The van der Waals surface area contributed by atoms with Crippen LogP contribution in [0.4, 0.5) is 19.1 Å². The fourth-order valence-electron chi connectivity index (χ4n) is 2.44. The second kappa shape index (κ2) is 6.45. The molecule has 2 aromatic rings. The first-order valence-electron chi connectivity index (χ1n) is 7.23. The highest BCUT2D eigenvalue weighted by atomic mass is 19.4. The van der Waals surface area contributed by atoms with Gasteiger partial charge in [-0.15, -0.1) is 5.10 Å². The molecule has 0 aromatic carbocycles. The summed E-state index contributed by atoms with van der Waals surface area (Å²) >= 11 is 0. The number of halogens is 3. The molecular weight excluding hydrogens is 309 g/mol. The predicted octanol–water partition coefficient (Wildman–Crippen LogP) is 2.12. The molecule has 0 radical (unpaired) electrons. The van der Waals surface area contributed by atoms with Crippen LogP contribution in [0.3, 0.4) is 0 Å². The third kappa shape index (κ3) is 3.73.